The van der Waals surface area contributed by atoms with Crippen LogP contribution in [0.3, 0.4) is 0 Å². The van der Waals surface area contributed by atoms with E-state index in [9.17, 15) is 53.1 Å². The summed E-state index contributed by atoms with van der Waals surface area (Å²) >= 11 is 0. The molecule has 27 heteroatoms. The van der Waals surface area contributed by atoms with Crippen LogP contribution in [-0.2, 0) is 65.7 Å². The maximum absolute atomic E-state index is 14.8. The number of aliphatic hydroxyl groups is 1. The van der Waals surface area contributed by atoms with Gasteiger partial charge in [0.15, 0.2) is 11.6 Å². The van der Waals surface area contributed by atoms with Crippen molar-refractivity contribution in [2.75, 3.05) is 53.3 Å². The molecule has 3 aromatic rings. The molecule has 7 N–H and O–H groups in total. The van der Waals surface area contributed by atoms with Crippen molar-refractivity contribution in [3.8, 4) is 5.75 Å². The number of nitrogens with one attached hydrogen (secondary N) is 4. The summed E-state index contributed by atoms with van der Waals surface area (Å²) in [6.45, 7) is 17.9. The Hall–Kier alpha value is -8.65. The number of aliphatic hydroxyl groups excluding tert-OH is 1. The van der Waals surface area contributed by atoms with E-state index in [1.54, 1.807) is 107 Å². The third-order valence-corrected chi connectivity index (χ3v) is 18.0. The van der Waals surface area contributed by atoms with Gasteiger partial charge in [0.25, 0.3) is 0 Å². The largest absolute Gasteiger partial charge is 0.514 e. The summed E-state index contributed by atoms with van der Waals surface area (Å²) in [6, 6.07) is 17.3. The number of amides is 8. The molecule has 534 valence electrons. The van der Waals surface area contributed by atoms with E-state index in [0.29, 0.717) is 54.6 Å². The number of nitrogens with zero attached hydrogens (tertiary/aromatic N) is 6. The highest BCUT2D eigenvalue weighted by atomic mass is 16.7. The predicted octanol–water partition coefficient (Wildman–Crippen LogP) is 8.80. The van der Waals surface area contributed by atoms with E-state index in [1.807, 2.05) is 45.9 Å². The van der Waals surface area contributed by atoms with Gasteiger partial charge in [-0.05, 0) is 103 Å². The molecule has 1 heterocycles. The van der Waals surface area contributed by atoms with Crippen molar-refractivity contribution >= 4 is 65.1 Å². The van der Waals surface area contributed by atoms with Crippen LogP contribution < -0.4 is 31.7 Å². The third kappa shape index (κ3) is 24.7. The maximum atomic E-state index is 14.8. The normalized spacial score (nSPS) is 16.3. The van der Waals surface area contributed by atoms with Gasteiger partial charge in [-0.2, -0.15) is 0 Å². The molecule has 0 aliphatic carbocycles. The molecule has 97 heavy (non-hydrogen) atoms. The first-order valence-electron chi connectivity index (χ1n) is 33.2. The lowest BCUT2D eigenvalue weighted by Crippen LogP contribution is -2.55. The Labute approximate surface area is 569 Å². The first kappa shape index (κ1) is 80.8. The number of likely N-dealkylation sites (N-methyl/N-ethyl adjacent to an activating group) is 2. The zero-order valence-electron chi connectivity index (χ0n) is 58.7. The Morgan fingerprint density at radius 2 is 1.38 bits per heavy atom. The number of primary amides is 1. The number of hydrogen-bond donors (Lipinski definition) is 6. The minimum Gasteiger partial charge on any atom is -0.445 e. The molecule has 12 atom stereocenters. The van der Waals surface area contributed by atoms with Crippen LogP contribution in [0.2, 0.25) is 0 Å². The predicted molar refractivity (Wildman–Crippen MR) is 363 cm³/mol. The summed E-state index contributed by atoms with van der Waals surface area (Å²) in [4.78, 5) is 142. The van der Waals surface area contributed by atoms with Crippen LogP contribution in [0, 0.1) is 41.4 Å². The molecule has 0 spiro atoms. The average Bonchev–Trinajstić information content (AvgIpc) is 1.81. The molecule has 0 aromatic heterocycles. The van der Waals surface area contributed by atoms with Crippen molar-refractivity contribution in [1.29, 1.82) is 0 Å². The molecular weight excluding hydrogens is 1250 g/mol. The molecule has 1 aliphatic heterocycles. The smallest absolute Gasteiger partial charge is 0.445 e. The number of ether oxygens (including phenoxy) is 5. The number of azide groups is 1. The van der Waals surface area contributed by atoms with Crippen molar-refractivity contribution < 1.29 is 76.7 Å². The van der Waals surface area contributed by atoms with Gasteiger partial charge in [0.1, 0.15) is 25.5 Å². The molecule has 0 unspecified atom stereocenters. The van der Waals surface area contributed by atoms with E-state index in [0.717, 1.165) is 0 Å². The summed E-state index contributed by atoms with van der Waals surface area (Å²) in [7, 11) is 6.18. The minimum atomic E-state index is -1.02. The quantitative estimate of drug-likeness (QED) is 0.00775. The van der Waals surface area contributed by atoms with Crippen molar-refractivity contribution in [3.05, 3.63) is 106 Å². The third-order valence-electron chi connectivity index (χ3n) is 18.0. The maximum Gasteiger partial charge on any atom is 0.514 e. The fourth-order valence-electron chi connectivity index (χ4n) is 12.3. The summed E-state index contributed by atoms with van der Waals surface area (Å²) in [5.74, 6) is -6.13. The van der Waals surface area contributed by atoms with E-state index < -0.39 is 109 Å². The van der Waals surface area contributed by atoms with Crippen LogP contribution in [-0.4, -0.2) is 170 Å². The number of rotatable bonds is 39. The molecule has 27 nitrogen and oxygen atoms in total. The highest BCUT2D eigenvalue weighted by molar-refractivity contribution is 5.98. The zero-order valence-corrected chi connectivity index (χ0v) is 58.7. The molecule has 8 amide bonds. The number of nitrogens with two attached hydrogens (primary N) is 1. The van der Waals surface area contributed by atoms with Gasteiger partial charge >= 0.3 is 18.3 Å². The van der Waals surface area contributed by atoms with Crippen LogP contribution in [0.15, 0.2) is 84.0 Å². The Balaban J connectivity index is 1.33. The first-order chi connectivity index (χ1) is 46.0. The van der Waals surface area contributed by atoms with Crippen molar-refractivity contribution in [2.24, 2.45) is 52.3 Å². The highest BCUT2D eigenvalue weighted by Gasteiger charge is 2.44. The van der Waals surface area contributed by atoms with Crippen LogP contribution in [0.25, 0.3) is 10.4 Å². The summed E-state index contributed by atoms with van der Waals surface area (Å²) in [6.07, 6.45) is -2.20. The number of ketones is 2. The minimum absolute atomic E-state index is 0.0695. The van der Waals surface area contributed by atoms with Gasteiger partial charge in [-0.1, -0.05) is 128 Å². The fraction of sp³-hybridized carbons (Fsp3) is 0.600. The molecule has 3 aromatic carbocycles. The van der Waals surface area contributed by atoms with Gasteiger partial charge in [-0.3, -0.25) is 33.6 Å². The van der Waals surface area contributed by atoms with Gasteiger partial charge in [0.2, 0.25) is 29.5 Å². The van der Waals surface area contributed by atoms with Gasteiger partial charge < -0.3 is 70.5 Å². The molecule has 1 saturated heterocycles. The second kappa shape index (κ2) is 40.2. The second-order valence-electron chi connectivity index (χ2n) is 26.1. The summed E-state index contributed by atoms with van der Waals surface area (Å²) in [5, 5.41) is 24.9. The van der Waals surface area contributed by atoms with Gasteiger partial charge in [0, 0.05) is 76.7 Å². The fourth-order valence-corrected chi connectivity index (χ4v) is 12.3. The number of benzene rings is 3. The van der Waals surface area contributed by atoms with Crippen molar-refractivity contribution in [1.82, 2.24) is 30.7 Å². The molecule has 0 saturated carbocycles. The number of anilines is 1. The first-order valence-corrected chi connectivity index (χ1v) is 33.2. The summed E-state index contributed by atoms with van der Waals surface area (Å²) < 4.78 is 28.4. The SMILES string of the molecule is CC[C@H](C)[C@@H]([C@@H](CC(=O)N1CCC[C@H]1[C@H](OC)[C@@H](C)C(=O)N[C@H](C)[C@@H](O)c1ccccc1)OC)N(C)C(=O)[C@@H](CC(=O)[C@H](C(C)C)N(C)C(=O)OCc1ccc(OC(=O)OCc2ccc(NC(=O)[C@H](CCCNC(N)=O)CC(=O)[C@@H](NC(=O)CN=[N+]=[N-])C(C)C)cc2)cc1)C(C)C. The lowest BCUT2D eigenvalue weighted by Gasteiger charge is -2.41. The lowest BCUT2D eigenvalue weighted by molar-refractivity contribution is -0.149. The monoisotopic (exact) mass is 1350 g/mol. The number of carbonyl (C=O) groups excluding carboxylic acids is 10. The Bertz CT molecular complexity index is 3130. The standard InChI is InChI=1S/C70H103N11O16/c1-15-44(8)62(57(93-13)37-59(85)81-34-20-24-54(81)64(94-14)45(9)65(87)75-46(10)63(86)49-21-17-16-18-22-49)79(11)67(89)53(41(2)3)36-56(83)61(43(6)7)80(12)69(91)95-39-48-27-31-52(32-28-48)97-70(92)96-40-47-25-29-51(30-26-47)76-66(88)50(23-19-33-73-68(71)90)35-55(82)60(42(4)5)77-58(84)38-74-78-72/h16-18,21-22,25-32,41-46,50,53-54,57,60-64,86H,15,19-20,23-24,33-40H2,1-14H3,(H,75,87)(H,76,88)(H,77,84)(H3,71,73,90)/t44-,45+,46+,50+,53-,54-,57+,60-,61-,62-,63+,64+/m0/s1. The van der Waals surface area contributed by atoms with E-state index in [1.165, 1.54) is 38.3 Å². The van der Waals surface area contributed by atoms with Gasteiger partial charge in [0.05, 0.1) is 60.9 Å². The number of carbonyl (C=O) groups is 10. The Kier molecular flexibility index (Phi) is 33.4. The number of Topliss-reactive ketones (excluding diaryl/α,β-unsaturated/α-hetero) is 2. The molecule has 0 radical (unpaired) electrons. The number of likely N-dealkylation sites (tertiary alicyclic amines) is 1. The Morgan fingerprint density at radius 1 is 0.753 bits per heavy atom. The van der Waals surface area contributed by atoms with Crippen LogP contribution in [0.4, 0.5) is 20.1 Å². The highest BCUT2D eigenvalue weighted by Crippen LogP contribution is 2.32. The van der Waals surface area contributed by atoms with Crippen LogP contribution >= 0.6 is 0 Å². The zero-order chi connectivity index (χ0) is 72.2. The lowest BCUT2D eigenvalue weighted by atomic mass is 9.83. The van der Waals surface area contributed by atoms with E-state index >= 15 is 0 Å². The Morgan fingerprint density at radius 3 is 1.95 bits per heavy atom. The molecule has 4 rings (SSSR count). The van der Waals surface area contributed by atoms with E-state index in [-0.39, 0.29) is 98.4 Å². The van der Waals surface area contributed by atoms with Gasteiger partial charge in [-0.25, -0.2) is 14.4 Å². The van der Waals surface area contributed by atoms with Crippen molar-refractivity contribution in [3.63, 3.8) is 0 Å². The molecule has 1 fully saturated rings. The number of urea groups is 1. The van der Waals surface area contributed by atoms with E-state index in [2.05, 4.69) is 31.3 Å². The topological polar surface area (TPSA) is 370 Å². The molecule has 0 bridgehead atoms. The van der Waals surface area contributed by atoms with Crippen molar-refractivity contribution in [2.45, 2.75) is 182 Å². The van der Waals surface area contributed by atoms with Crippen LogP contribution in [0.1, 0.15) is 143 Å². The van der Waals surface area contributed by atoms with Gasteiger partial charge in [-0.15, -0.1) is 0 Å². The second-order valence-corrected chi connectivity index (χ2v) is 26.1. The average molecular weight is 1350 g/mol. The molecular formula is C70H103N11O16. The number of hydrogen-bond acceptors (Lipinski definition) is 17. The molecule has 1 aliphatic rings. The van der Waals surface area contributed by atoms with E-state index in [4.69, 9.17) is 34.9 Å². The number of methoxy groups -OCH3 is 2. The summed E-state index contributed by atoms with van der Waals surface area (Å²) in [5.41, 5.74) is 15.9. The van der Waals surface area contributed by atoms with Crippen LogP contribution in [0.5, 0.6) is 5.75 Å².